The highest BCUT2D eigenvalue weighted by Gasteiger charge is 2.14. The summed E-state index contributed by atoms with van der Waals surface area (Å²) in [6.07, 6.45) is 3.28. The predicted octanol–water partition coefficient (Wildman–Crippen LogP) is 1.37. The number of hydrogen-bond donors (Lipinski definition) is 1. The Morgan fingerprint density at radius 1 is 1.57 bits per heavy atom. The fourth-order valence-corrected chi connectivity index (χ4v) is 1.54. The van der Waals surface area contributed by atoms with Gasteiger partial charge in [0.15, 0.2) is 0 Å². The zero-order chi connectivity index (χ0) is 10.1. The monoisotopic (exact) mass is 191 g/mol. The molecule has 74 valence electrons. The van der Waals surface area contributed by atoms with Crippen molar-refractivity contribution in [3.63, 3.8) is 0 Å². The maximum Gasteiger partial charge on any atom is 0.0954 e. The van der Waals surface area contributed by atoms with Crippen LogP contribution in [0.1, 0.15) is 23.0 Å². The minimum atomic E-state index is -0.167. The van der Waals surface area contributed by atoms with Crippen LogP contribution in [0.4, 0.5) is 0 Å². The van der Waals surface area contributed by atoms with Crippen molar-refractivity contribution >= 4 is 0 Å². The second-order valence-corrected chi connectivity index (χ2v) is 3.37. The Bertz CT molecular complexity index is 417. The van der Waals surface area contributed by atoms with Crippen molar-refractivity contribution < 1.29 is 4.42 Å². The number of rotatable bonds is 2. The lowest BCUT2D eigenvalue weighted by Crippen LogP contribution is -2.15. The van der Waals surface area contributed by atoms with Gasteiger partial charge in [0, 0.05) is 12.6 Å². The largest absolute Gasteiger partial charge is 0.472 e. The minimum absolute atomic E-state index is 0.167. The van der Waals surface area contributed by atoms with E-state index in [0.717, 1.165) is 17.0 Å². The van der Waals surface area contributed by atoms with Crippen LogP contribution < -0.4 is 5.73 Å². The van der Waals surface area contributed by atoms with Crippen LogP contribution in [0.2, 0.25) is 0 Å². The molecule has 0 saturated carbocycles. The third kappa shape index (κ3) is 1.44. The first-order chi connectivity index (χ1) is 6.68. The van der Waals surface area contributed by atoms with Crippen LogP contribution in [0.15, 0.2) is 29.1 Å². The SMILES string of the molecule is Cc1cc(C(N)c2ccoc2)n(C)n1. The number of nitrogens with two attached hydrogens (primary N) is 1. The lowest BCUT2D eigenvalue weighted by molar-refractivity contribution is 0.560. The zero-order valence-corrected chi connectivity index (χ0v) is 8.27. The van der Waals surface area contributed by atoms with Gasteiger partial charge < -0.3 is 10.2 Å². The van der Waals surface area contributed by atoms with E-state index in [1.165, 1.54) is 0 Å². The second-order valence-electron chi connectivity index (χ2n) is 3.37. The molecule has 0 bridgehead atoms. The summed E-state index contributed by atoms with van der Waals surface area (Å²) in [5.41, 5.74) is 8.98. The third-order valence-corrected chi connectivity index (χ3v) is 2.26. The Balaban J connectivity index is 2.36. The van der Waals surface area contributed by atoms with E-state index in [-0.39, 0.29) is 6.04 Å². The Morgan fingerprint density at radius 2 is 2.36 bits per heavy atom. The van der Waals surface area contributed by atoms with Crippen LogP contribution in [0, 0.1) is 6.92 Å². The van der Waals surface area contributed by atoms with E-state index >= 15 is 0 Å². The van der Waals surface area contributed by atoms with Gasteiger partial charge >= 0.3 is 0 Å². The average Bonchev–Trinajstić information content (AvgIpc) is 2.73. The summed E-state index contributed by atoms with van der Waals surface area (Å²) < 4.78 is 6.79. The van der Waals surface area contributed by atoms with Gasteiger partial charge in [-0.3, -0.25) is 4.68 Å². The number of aromatic nitrogens is 2. The summed E-state index contributed by atoms with van der Waals surface area (Å²) in [6.45, 7) is 1.95. The first kappa shape index (κ1) is 9.02. The molecule has 2 aromatic rings. The van der Waals surface area contributed by atoms with E-state index in [2.05, 4.69) is 5.10 Å². The van der Waals surface area contributed by atoms with Gasteiger partial charge in [0.05, 0.1) is 30.0 Å². The van der Waals surface area contributed by atoms with Gasteiger partial charge in [-0.15, -0.1) is 0 Å². The molecule has 4 heteroatoms. The summed E-state index contributed by atoms with van der Waals surface area (Å²) in [5.74, 6) is 0. The quantitative estimate of drug-likeness (QED) is 0.780. The highest BCUT2D eigenvalue weighted by molar-refractivity contribution is 5.24. The van der Waals surface area contributed by atoms with E-state index in [4.69, 9.17) is 10.2 Å². The molecule has 2 aromatic heterocycles. The van der Waals surface area contributed by atoms with Gasteiger partial charge in [0.25, 0.3) is 0 Å². The van der Waals surface area contributed by atoms with Crippen molar-refractivity contribution in [1.29, 1.82) is 0 Å². The van der Waals surface area contributed by atoms with Gasteiger partial charge in [-0.05, 0) is 19.1 Å². The maximum absolute atomic E-state index is 6.05. The molecule has 0 fully saturated rings. The van der Waals surface area contributed by atoms with Gasteiger partial charge in [-0.25, -0.2) is 0 Å². The molecule has 2 N–H and O–H groups in total. The molecule has 0 aliphatic rings. The molecule has 2 heterocycles. The fraction of sp³-hybridized carbons (Fsp3) is 0.300. The molecule has 0 amide bonds. The zero-order valence-electron chi connectivity index (χ0n) is 8.27. The van der Waals surface area contributed by atoms with E-state index in [1.54, 1.807) is 17.2 Å². The molecule has 0 aliphatic carbocycles. The van der Waals surface area contributed by atoms with Crippen LogP contribution in [0.25, 0.3) is 0 Å². The van der Waals surface area contributed by atoms with E-state index < -0.39 is 0 Å². The number of nitrogens with zero attached hydrogens (tertiary/aromatic N) is 2. The Kier molecular flexibility index (Phi) is 2.13. The molecule has 0 aromatic carbocycles. The second kappa shape index (κ2) is 3.31. The normalized spacial score (nSPS) is 13.1. The number of furan rings is 1. The van der Waals surface area contributed by atoms with Crippen molar-refractivity contribution in [1.82, 2.24) is 9.78 Å². The van der Waals surface area contributed by atoms with E-state index in [1.807, 2.05) is 26.1 Å². The Morgan fingerprint density at radius 3 is 2.86 bits per heavy atom. The predicted molar refractivity (Wildman–Crippen MR) is 52.7 cm³/mol. The molecule has 14 heavy (non-hydrogen) atoms. The van der Waals surface area contributed by atoms with Crippen molar-refractivity contribution in [2.24, 2.45) is 12.8 Å². The van der Waals surface area contributed by atoms with E-state index in [0.29, 0.717) is 0 Å². The Hall–Kier alpha value is -1.55. The summed E-state index contributed by atoms with van der Waals surface area (Å²) in [4.78, 5) is 0. The lowest BCUT2D eigenvalue weighted by atomic mass is 10.1. The molecule has 1 atom stereocenters. The molecule has 0 radical (unpaired) electrons. The number of hydrogen-bond acceptors (Lipinski definition) is 3. The molecule has 4 nitrogen and oxygen atoms in total. The highest BCUT2D eigenvalue weighted by Crippen LogP contribution is 2.19. The van der Waals surface area contributed by atoms with Crippen molar-refractivity contribution in [3.8, 4) is 0 Å². The van der Waals surface area contributed by atoms with Gasteiger partial charge in [0.2, 0.25) is 0 Å². The van der Waals surface area contributed by atoms with E-state index in [9.17, 15) is 0 Å². The average molecular weight is 191 g/mol. The molecule has 1 unspecified atom stereocenters. The lowest BCUT2D eigenvalue weighted by Gasteiger charge is -2.08. The molecule has 0 spiro atoms. The molecule has 2 rings (SSSR count). The highest BCUT2D eigenvalue weighted by atomic mass is 16.3. The third-order valence-electron chi connectivity index (χ3n) is 2.26. The molecular formula is C10H13N3O. The van der Waals surface area contributed by atoms with Gasteiger partial charge in [0.1, 0.15) is 0 Å². The minimum Gasteiger partial charge on any atom is -0.472 e. The smallest absolute Gasteiger partial charge is 0.0954 e. The first-order valence-corrected chi connectivity index (χ1v) is 4.46. The summed E-state index contributed by atoms with van der Waals surface area (Å²) in [7, 11) is 1.89. The van der Waals surface area contributed by atoms with Crippen molar-refractivity contribution in [2.45, 2.75) is 13.0 Å². The van der Waals surface area contributed by atoms with Crippen LogP contribution in [0.3, 0.4) is 0 Å². The maximum atomic E-state index is 6.05. The van der Waals surface area contributed by atoms with Crippen molar-refractivity contribution in [2.75, 3.05) is 0 Å². The molecule has 0 aliphatic heterocycles. The standard InChI is InChI=1S/C10H13N3O/c1-7-5-9(13(2)12-7)10(11)8-3-4-14-6-8/h3-6,10H,11H2,1-2H3. The summed E-state index contributed by atoms with van der Waals surface area (Å²) in [5, 5.41) is 4.25. The first-order valence-electron chi connectivity index (χ1n) is 4.46. The Labute approximate surface area is 82.3 Å². The number of aryl methyl sites for hydroxylation is 2. The van der Waals surface area contributed by atoms with Gasteiger partial charge in [-0.2, -0.15) is 5.10 Å². The van der Waals surface area contributed by atoms with Crippen LogP contribution in [0.5, 0.6) is 0 Å². The topological polar surface area (TPSA) is 57.0 Å². The molecule has 0 saturated heterocycles. The fourth-order valence-electron chi connectivity index (χ4n) is 1.54. The van der Waals surface area contributed by atoms with Crippen molar-refractivity contribution in [3.05, 3.63) is 41.6 Å². The summed E-state index contributed by atoms with van der Waals surface area (Å²) in [6, 6.07) is 3.69. The van der Waals surface area contributed by atoms with Crippen LogP contribution in [-0.4, -0.2) is 9.78 Å². The van der Waals surface area contributed by atoms with Crippen LogP contribution in [-0.2, 0) is 7.05 Å². The van der Waals surface area contributed by atoms with Gasteiger partial charge in [-0.1, -0.05) is 0 Å². The molecular weight excluding hydrogens is 178 g/mol. The summed E-state index contributed by atoms with van der Waals surface area (Å²) >= 11 is 0. The van der Waals surface area contributed by atoms with Crippen LogP contribution >= 0.6 is 0 Å².